The van der Waals surface area contributed by atoms with Crippen LogP contribution in [0.2, 0.25) is 0 Å². The van der Waals surface area contributed by atoms with Gasteiger partial charge in [0.1, 0.15) is 0 Å². The summed E-state index contributed by atoms with van der Waals surface area (Å²) in [4.78, 5) is 30.3. The Labute approximate surface area is 142 Å². The highest BCUT2D eigenvalue weighted by Gasteiger charge is 2.35. The summed E-state index contributed by atoms with van der Waals surface area (Å²) in [6.45, 7) is 4.07. The molecule has 2 heterocycles. The average molecular weight is 340 g/mol. The van der Waals surface area contributed by atoms with Crippen molar-refractivity contribution >= 4 is 18.1 Å². The van der Waals surface area contributed by atoms with E-state index in [2.05, 4.69) is 15.6 Å². The van der Waals surface area contributed by atoms with E-state index in [0.29, 0.717) is 39.1 Å². The van der Waals surface area contributed by atoms with Gasteiger partial charge in [-0.2, -0.15) is 0 Å². The van der Waals surface area contributed by atoms with Gasteiger partial charge in [-0.25, -0.2) is 0 Å². The number of aliphatic imine (C=N–C) groups is 1. The van der Waals surface area contributed by atoms with Crippen LogP contribution in [0.25, 0.3) is 0 Å². The highest BCUT2D eigenvalue weighted by molar-refractivity contribution is 5.83. The lowest BCUT2D eigenvalue weighted by Crippen LogP contribution is -2.53. The summed E-state index contributed by atoms with van der Waals surface area (Å²) < 4.78 is 5.04. The molecular weight excluding hydrogens is 312 g/mol. The van der Waals surface area contributed by atoms with Crippen LogP contribution in [0, 0.1) is 5.92 Å². The van der Waals surface area contributed by atoms with Crippen LogP contribution in [0.4, 0.5) is 0 Å². The molecule has 0 aromatic heterocycles. The standard InChI is InChI=1S/C15H28N6O3/c1-2-24-15(23)10-5-6-19-13(10)20-14(22)11(16)3-4-12(17)21-8-7-18-9-21/h7,10-13,19H,2-6,8-9,16-17H2,1H3,(H,20,22). The number of carbonyl (C=O) groups excluding carboxylic acids is 2. The van der Waals surface area contributed by atoms with E-state index in [1.807, 2.05) is 11.1 Å². The number of nitrogens with two attached hydrogens (primary N) is 2. The highest BCUT2D eigenvalue weighted by Crippen LogP contribution is 2.16. The fourth-order valence-corrected chi connectivity index (χ4v) is 2.91. The molecule has 24 heavy (non-hydrogen) atoms. The monoisotopic (exact) mass is 340 g/mol. The number of esters is 1. The summed E-state index contributed by atoms with van der Waals surface area (Å²) in [5, 5.41) is 5.91. The summed E-state index contributed by atoms with van der Waals surface area (Å²) in [6, 6.07) is -0.662. The van der Waals surface area contributed by atoms with Gasteiger partial charge in [0.15, 0.2) is 0 Å². The zero-order valence-corrected chi connectivity index (χ0v) is 14.1. The van der Waals surface area contributed by atoms with Crippen LogP contribution >= 0.6 is 0 Å². The largest absolute Gasteiger partial charge is 0.466 e. The lowest BCUT2D eigenvalue weighted by atomic mass is 10.1. The number of carbonyl (C=O) groups is 2. The second-order valence-corrected chi connectivity index (χ2v) is 6.12. The molecule has 1 saturated heterocycles. The van der Waals surface area contributed by atoms with Crippen molar-refractivity contribution in [2.24, 2.45) is 22.4 Å². The molecule has 0 aromatic rings. The van der Waals surface area contributed by atoms with E-state index in [-0.39, 0.29) is 24.0 Å². The van der Waals surface area contributed by atoms with Gasteiger partial charge in [-0.1, -0.05) is 0 Å². The summed E-state index contributed by atoms with van der Waals surface area (Å²) >= 11 is 0. The normalized spacial score (nSPS) is 26.3. The van der Waals surface area contributed by atoms with Crippen molar-refractivity contribution in [1.29, 1.82) is 0 Å². The molecule has 136 valence electrons. The number of ether oxygens (including phenoxy) is 1. The summed E-state index contributed by atoms with van der Waals surface area (Å²) in [5.41, 5.74) is 12.0. The van der Waals surface area contributed by atoms with Gasteiger partial charge in [-0.05, 0) is 32.7 Å². The third kappa shape index (κ3) is 4.97. The van der Waals surface area contributed by atoms with Crippen molar-refractivity contribution in [2.75, 3.05) is 26.4 Å². The smallest absolute Gasteiger partial charge is 0.312 e. The minimum Gasteiger partial charge on any atom is -0.466 e. The molecule has 4 unspecified atom stereocenters. The Morgan fingerprint density at radius 2 is 2.25 bits per heavy atom. The SMILES string of the molecule is CCOC(=O)C1CCNC1NC(=O)C(N)CCC(N)N1CC=NC1. The lowest BCUT2D eigenvalue weighted by molar-refractivity contribution is -0.148. The summed E-state index contributed by atoms with van der Waals surface area (Å²) in [5.74, 6) is -0.948. The fraction of sp³-hybridized carbons (Fsp3) is 0.800. The van der Waals surface area contributed by atoms with Crippen molar-refractivity contribution in [3.63, 3.8) is 0 Å². The average Bonchev–Trinajstić information content (AvgIpc) is 3.23. The van der Waals surface area contributed by atoms with Crippen LogP contribution in [-0.2, 0) is 14.3 Å². The Morgan fingerprint density at radius 3 is 2.92 bits per heavy atom. The molecule has 1 fully saturated rings. The van der Waals surface area contributed by atoms with Gasteiger partial charge in [-0.15, -0.1) is 0 Å². The highest BCUT2D eigenvalue weighted by atomic mass is 16.5. The Bertz CT molecular complexity index is 464. The molecule has 6 N–H and O–H groups in total. The van der Waals surface area contributed by atoms with Crippen molar-refractivity contribution < 1.29 is 14.3 Å². The summed E-state index contributed by atoms with van der Waals surface area (Å²) in [6.07, 6.45) is 2.95. The van der Waals surface area contributed by atoms with Crippen LogP contribution in [-0.4, -0.2) is 67.7 Å². The minimum atomic E-state index is -0.662. The number of rotatable bonds is 8. The van der Waals surface area contributed by atoms with E-state index in [9.17, 15) is 9.59 Å². The van der Waals surface area contributed by atoms with E-state index in [1.165, 1.54) is 0 Å². The minimum absolute atomic E-state index is 0.164. The molecule has 0 aromatic carbocycles. The molecule has 0 saturated carbocycles. The van der Waals surface area contributed by atoms with E-state index in [0.717, 1.165) is 6.54 Å². The topological polar surface area (TPSA) is 135 Å². The second kappa shape index (κ2) is 9.07. The molecule has 0 spiro atoms. The quantitative estimate of drug-likeness (QED) is 0.388. The maximum atomic E-state index is 12.3. The van der Waals surface area contributed by atoms with Crippen molar-refractivity contribution in [1.82, 2.24) is 15.5 Å². The van der Waals surface area contributed by atoms with Crippen LogP contribution in [0.5, 0.6) is 0 Å². The molecule has 4 atom stereocenters. The summed E-state index contributed by atoms with van der Waals surface area (Å²) in [7, 11) is 0. The van der Waals surface area contributed by atoms with Crippen molar-refractivity contribution in [2.45, 2.75) is 44.6 Å². The molecule has 2 aliphatic heterocycles. The van der Waals surface area contributed by atoms with Gasteiger partial charge in [0.2, 0.25) is 5.91 Å². The van der Waals surface area contributed by atoms with E-state index in [1.54, 1.807) is 6.92 Å². The Balaban J connectivity index is 1.75. The van der Waals surface area contributed by atoms with Gasteiger partial charge in [0.05, 0.1) is 37.6 Å². The lowest BCUT2D eigenvalue weighted by Gasteiger charge is -2.25. The first-order chi connectivity index (χ1) is 11.5. The van der Waals surface area contributed by atoms with Gasteiger partial charge >= 0.3 is 5.97 Å². The molecule has 9 nitrogen and oxygen atoms in total. The van der Waals surface area contributed by atoms with Gasteiger partial charge in [0, 0.05) is 12.8 Å². The van der Waals surface area contributed by atoms with E-state index >= 15 is 0 Å². The van der Waals surface area contributed by atoms with Crippen molar-refractivity contribution in [3.05, 3.63) is 0 Å². The molecule has 2 aliphatic rings. The molecule has 0 radical (unpaired) electrons. The molecule has 1 amide bonds. The van der Waals surface area contributed by atoms with Crippen LogP contribution in [0.1, 0.15) is 26.2 Å². The number of hydrogen-bond acceptors (Lipinski definition) is 8. The maximum absolute atomic E-state index is 12.3. The van der Waals surface area contributed by atoms with Crippen molar-refractivity contribution in [3.8, 4) is 0 Å². The Hall–Kier alpha value is -1.55. The first-order valence-electron chi connectivity index (χ1n) is 8.46. The van der Waals surface area contributed by atoms with Gasteiger partial charge in [-0.3, -0.25) is 24.8 Å². The predicted octanol–water partition coefficient (Wildman–Crippen LogP) is -1.66. The molecule has 2 rings (SSSR count). The third-order valence-corrected chi connectivity index (χ3v) is 4.40. The predicted molar refractivity (Wildman–Crippen MR) is 89.9 cm³/mol. The van der Waals surface area contributed by atoms with E-state index < -0.39 is 12.2 Å². The van der Waals surface area contributed by atoms with Crippen LogP contribution in [0.15, 0.2) is 4.99 Å². The third-order valence-electron chi connectivity index (χ3n) is 4.40. The van der Waals surface area contributed by atoms with E-state index in [4.69, 9.17) is 16.2 Å². The Morgan fingerprint density at radius 1 is 1.46 bits per heavy atom. The van der Waals surface area contributed by atoms with Gasteiger partial charge in [0.25, 0.3) is 0 Å². The number of amides is 1. The van der Waals surface area contributed by atoms with Crippen LogP contribution < -0.4 is 22.1 Å². The molecule has 9 heteroatoms. The van der Waals surface area contributed by atoms with Crippen LogP contribution in [0.3, 0.4) is 0 Å². The maximum Gasteiger partial charge on any atom is 0.312 e. The number of nitrogens with one attached hydrogen (secondary N) is 2. The number of hydrogen-bond donors (Lipinski definition) is 4. The number of nitrogens with zero attached hydrogens (tertiary/aromatic N) is 2. The molecule has 0 aliphatic carbocycles. The fourth-order valence-electron chi connectivity index (χ4n) is 2.91. The van der Waals surface area contributed by atoms with Gasteiger partial charge < -0.3 is 21.5 Å². The molecule has 0 bridgehead atoms. The zero-order chi connectivity index (χ0) is 17.5. The zero-order valence-electron chi connectivity index (χ0n) is 14.1. The Kier molecular flexibility index (Phi) is 7.10. The molecular formula is C15H28N6O3. The first kappa shape index (κ1) is 18.8. The second-order valence-electron chi connectivity index (χ2n) is 6.12. The first-order valence-corrected chi connectivity index (χ1v) is 8.46.